The molecule has 0 aromatic heterocycles. The van der Waals surface area contributed by atoms with Gasteiger partial charge in [-0.15, -0.1) is 0 Å². The molecular formula is C41H68O4. The Hall–Kier alpha value is -2.62. The molecule has 4 heteroatoms. The van der Waals surface area contributed by atoms with Crippen molar-refractivity contribution in [3.8, 4) is 0 Å². The lowest BCUT2D eigenvalue weighted by Gasteiger charge is -2.14. The Balaban J connectivity index is 4.09. The minimum Gasteiger partial charge on any atom is -0.481 e. The van der Waals surface area contributed by atoms with Gasteiger partial charge in [-0.05, 0) is 89.5 Å². The third-order valence-corrected chi connectivity index (χ3v) is 7.65. The van der Waals surface area contributed by atoms with Crippen molar-refractivity contribution in [2.24, 2.45) is 0 Å². The molecule has 45 heavy (non-hydrogen) atoms. The zero-order chi connectivity index (χ0) is 32.9. The van der Waals surface area contributed by atoms with Crippen LogP contribution < -0.4 is 0 Å². The van der Waals surface area contributed by atoms with Gasteiger partial charge in [-0.25, -0.2) is 0 Å². The molecule has 0 aliphatic rings. The van der Waals surface area contributed by atoms with Crippen LogP contribution in [0, 0.1) is 0 Å². The van der Waals surface area contributed by atoms with E-state index in [-0.39, 0.29) is 18.5 Å². The molecule has 0 fully saturated rings. The average molecular weight is 625 g/mol. The maximum absolute atomic E-state index is 12.5. The predicted octanol–water partition coefficient (Wildman–Crippen LogP) is 12.7. The number of rotatable bonds is 32. The molecule has 256 valence electrons. The summed E-state index contributed by atoms with van der Waals surface area (Å²) < 4.78 is 5.81. The van der Waals surface area contributed by atoms with Gasteiger partial charge in [0.15, 0.2) is 0 Å². The van der Waals surface area contributed by atoms with Crippen LogP contribution in [-0.2, 0) is 14.3 Å². The minimum atomic E-state index is -0.753. The second kappa shape index (κ2) is 35.9. The number of esters is 1. The SMILES string of the molecule is CC/C=C\C/C=C\C/C=C\C/C=C\C(CCCCCC(=O)O)OC(=O)CCCCCCCCC/C=C\C/C=C\CCCCCC. The highest BCUT2D eigenvalue weighted by Crippen LogP contribution is 2.14. The molecule has 0 aliphatic heterocycles. The summed E-state index contributed by atoms with van der Waals surface area (Å²) in [6.07, 6.45) is 50.7. The van der Waals surface area contributed by atoms with Crippen LogP contribution in [0.4, 0.5) is 0 Å². The van der Waals surface area contributed by atoms with Crippen molar-refractivity contribution in [1.29, 1.82) is 0 Å². The van der Waals surface area contributed by atoms with Gasteiger partial charge < -0.3 is 9.84 Å². The Morgan fingerprint density at radius 3 is 1.58 bits per heavy atom. The molecule has 4 nitrogen and oxygen atoms in total. The number of aliphatic carboxylic acids is 1. The lowest BCUT2D eigenvalue weighted by atomic mass is 10.1. The van der Waals surface area contributed by atoms with Gasteiger partial charge in [0.2, 0.25) is 0 Å². The molecule has 0 bridgehead atoms. The van der Waals surface area contributed by atoms with Crippen LogP contribution >= 0.6 is 0 Å². The molecule has 0 amide bonds. The molecule has 0 heterocycles. The van der Waals surface area contributed by atoms with Gasteiger partial charge in [0.25, 0.3) is 0 Å². The molecule has 0 radical (unpaired) electrons. The van der Waals surface area contributed by atoms with Gasteiger partial charge in [0, 0.05) is 12.8 Å². The van der Waals surface area contributed by atoms with Crippen molar-refractivity contribution < 1.29 is 19.4 Å². The number of hydrogen-bond donors (Lipinski definition) is 1. The van der Waals surface area contributed by atoms with Crippen molar-refractivity contribution in [2.75, 3.05) is 0 Å². The fourth-order valence-electron chi connectivity index (χ4n) is 4.95. The van der Waals surface area contributed by atoms with E-state index in [1.165, 1.54) is 70.6 Å². The van der Waals surface area contributed by atoms with Crippen molar-refractivity contribution in [1.82, 2.24) is 0 Å². The minimum absolute atomic E-state index is 0.119. The smallest absolute Gasteiger partial charge is 0.306 e. The number of carboxylic acid groups (broad SMARTS) is 1. The molecular weight excluding hydrogens is 556 g/mol. The Kier molecular flexibility index (Phi) is 33.8. The van der Waals surface area contributed by atoms with Gasteiger partial charge in [-0.1, -0.05) is 138 Å². The van der Waals surface area contributed by atoms with E-state index in [4.69, 9.17) is 9.84 Å². The molecule has 0 saturated heterocycles. The highest BCUT2D eigenvalue weighted by Gasteiger charge is 2.11. The molecule has 0 aromatic rings. The maximum atomic E-state index is 12.5. The molecule has 0 aliphatic carbocycles. The van der Waals surface area contributed by atoms with Crippen molar-refractivity contribution >= 4 is 11.9 Å². The molecule has 1 N–H and O–H groups in total. The second-order valence-electron chi connectivity index (χ2n) is 12.0. The number of carbonyl (C=O) groups is 2. The van der Waals surface area contributed by atoms with Crippen LogP contribution in [0.25, 0.3) is 0 Å². The molecule has 0 spiro atoms. The third kappa shape index (κ3) is 35.7. The van der Waals surface area contributed by atoms with Crippen LogP contribution in [0.5, 0.6) is 0 Å². The van der Waals surface area contributed by atoms with Gasteiger partial charge in [-0.3, -0.25) is 9.59 Å². The topological polar surface area (TPSA) is 63.6 Å². The number of carbonyl (C=O) groups excluding carboxylic acids is 1. The van der Waals surface area contributed by atoms with Gasteiger partial charge in [0.1, 0.15) is 6.10 Å². The third-order valence-electron chi connectivity index (χ3n) is 7.65. The van der Waals surface area contributed by atoms with Gasteiger partial charge in [0.05, 0.1) is 0 Å². The van der Waals surface area contributed by atoms with Crippen LogP contribution in [-0.4, -0.2) is 23.1 Å². The molecule has 0 aromatic carbocycles. The number of carboxylic acids is 1. The largest absolute Gasteiger partial charge is 0.481 e. The highest BCUT2D eigenvalue weighted by molar-refractivity contribution is 5.69. The van der Waals surface area contributed by atoms with Crippen LogP contribution in [0.1, 0.15) is 168 Å². The Morgan fingerprint density at radius 2 is 1.00 bits per heavy atom. The summed E-state index contributed by atoms with van der Waals surface area (Å²) in [6.45, 7) is 4.40. The number of unbranched alkanes of at least 4 members (excludes halogenated alkanes) is 13. The summed E-state index contributed by atoms with van der Waals surface area (Å²) in [5.41, 5.74) is 0. The fourth-order valence-corrected chi connectivity index (χ4v) is 4.95. The monoisotopic (exact) mass is 625 g/mol. The summed E-state index contributed by atoms with van der Waals surface area (Å²) in [5.74, 6) is -0.873. The van der Waals surface area contributed by atoms with E-state index < -0.39 is 5.97 Å². The van der Waals surface area contributed by atoms with E-state index in [0.717, 1.165) is 64.2 Å². The normalized spacial score (nSPS) is 13.1. The first-order valence-corrected chi connectivity index (χ1v) is 18.4. The van der Waals surface area contributed by atoms with E-state index in [1.54, 1.807) is 0 Å². The molecule has 0 saturated carbocycles. The molecule has 1 unspecified atom stereocenters. The summed E-state index contributed by atoms with van der Waals surface area (Å²) in [7, 11) is 0. The maximum Gasteiger partial charge on any atom is 0.306 e. The number of hydrogen-bond acceptors (Lipinski definition) is 3. The van der Waals surface area contributed by atoms with Crippen LogP contribution in [0.2, 0.25) is 0 Å². The van der Waals surface area contributed by atoms with E-state index in [1.807, 2.05) is 6.08 Å². The lowest BCUT2D eigenvalue weighted by molar-refractivity contribution is -0.147. The van der Waals surface area contributed by atoms with E-state index in [9.17, 15) is 9.59 Å². The summed E-state index contributed by atoms with van der Waals surface area (Å²) in [4.78, 5) is 23.3. The number of ether oxygens (including phenoxy) is 1. The fraction of sp³-hybridized carbons (Fsp3) is 0.659. The van der Waals surface area contributed by atoms with Crippen molar-refractivity contribution in [3.63, 3.8) is 0 Å². The highest BCUT2D eigenvalue weighted by atomic mass is 16.5. The summed E-state index contributed by atoms with van der Waals surface area (Å²) in [6, 6.07) is 0. The van der Waals surface area contributed by atoms with Crippen molar-refractivity contribution in [2.45, 2.75) is 174 Å². The Bertz CT molecular complexity index is 846. The average Bonchev–Trinajstić information content (AvgIpc) is 3.02. The number of allylic oxidation sites excluding steroid dienone is 11. The molecule has 1 atom stereocenters. The quantitative estimate of drug-likeness (QED) is 0.0459. The first-order chi connectivity index (χ1) is 22.1. The van der Waals surface area contributed by atoms with E-state index in [0.29, 0.717) is 12.8 Å². The Morgan fingerprint density at radius 1 is 0.533 bits per heavy atom. The zero-order valence-corrected chi connectivity index (χ0v) is 29.1. The van der Waals surface area contributed by atoms with Crippen LogP contribution in [0.3, 0.4) is 0 Å². The van der Waals surface area contributed by atoms with Crippen molar-refractivity contribution in [3.05, 3.63) is 72.9 Å². The van der Waals surface area contributed by atoms with Gasteiger partial charge >= 0.3 is 11.9 Å². The zero-order valence-electron chi connectivity index (χ0n) is 29.1. The van der Waals surface area contributed by atoms with E-state index >= 15 is 0 Å². The predicted molar refractivity (Wildman–Crippen MR) is 195 cm³/mol. The van der Waals surface area contributed by atoms with E-state index in [2.05, 4.69) is 80.7 Å². The molecule has 0 rings (SSSR count). The van der Waals surface area contributed by atoms with Gasteiger partial charge in [-0.2, -0.15) is 0 Å². The summed E-state index contributed by atoms with van der Waals surface area (Å²) >= 11 is 0. The standard InChI is InChI=1S/C41H68O4/c1-3-5-7-9-11-13-15-16-17-18-19-20-21-23-25-27-29-34-38-41(44)45-39(36-32-30-33-37-40(42)43)35-31-28-26-24-22-14-12-10-8-6-4-2/h6,8,12-15,17-18,24,26,31,35,39H,3-5,7,9-11,16,19-23,25,27-30,32-34,36-38H2,1-2H3,(H,42,43)/b8-6-,14-12-,15-13-,18-17-,26-24-,35-31-. The second-order valence-corrected chi connectivity index (χ2v) is 12.0. The first kappa shape index (κ1) is 42.4. The first-order valence-electron chi connectivity index (χ1n) is 18.4. The lowest BCUT2D eigenvalue weighted by Crippen LogP contribution is -2.16. The summed E-state index contributed by atoms with van der Waals surface area (Å²) in [5, 5.41) is 8.86. The Labute approximate surface area is 277 Å². The van der Waals surface area contributed by atoms with Crippen LogP contribution in [0.15, 0.2) is 72.9 Å².